The van der Waals surface area contributed by atoms with E-state index in [9.17, 15) is 9.59 Å². The summed E-state index contributed by atoms with van der Waals surface area (Å²) in [5, 5.41) is 0.836. The standard InChI is InChI=1S/C23H22ClNO4/c1-14(2)28-12-6-11-25-20(15-7-4-3-5-8-15)19-21(26)17-13-16(24)9-10-18(17)29-22(19)23(25)27/h3-5,7-10,13-14,20H,6,11-12H2,1-2H3. The zero-order valence-corrected chi connectivity index (χ0v) is 17.1. The SMILES string of the molecule is CC(C)OCCCN1C(=O)c2oc3ccc(Cl)cc3c(=O)c2C1c1ccccc1. The van der Waals surface area contributed by atoms with E-state index in [1.54, 1.807) is 23.1 Å². The topological polar surface area (TPSA) is 59.8 Å². The Morgan fingerprint density at radius 3 is 2.62 bits per heavy atom. The van der Waals surface area contributed by atoms with Crippen LogP contribution >= 0.6 is 11.6 Å². The highest BCUT2D eigenvalue weighted by molar-refractivity contribution is 6.31. The van der Waals surface area contributed by atoms with Crippen LogP contribution in [-0.4, -0.2) is 30.1 Å². The summed E-state index contributed by atoms with van der Waals surface area (Å²) in [7, 11) is 0. The molecule has 1 aromatic heterocycles. The number of rotatable bonds is 6. The average Bonchev–Trinajstić information content (AvgIpc) is 2.99. The van der Waals surface area contributed by atoms with Gasteiger partial charge in [-0.2, -0.15) is 0 Å². The molecule has 4 rings (SSSR count). The Balaban J connectivity index is 1.80. The Labute approximate surface area is 173 Å². The fourth-order valence-electron chi connectivity index (χ4n) is 3.76. The Bertz CT molecular complexity index is 1110. The minimum absolute atomic E-state index is 0.114. The van der Waals surface area contributed by atoms with Gasteiger partial charge in [0.1, 0.15) is 5.58 Å². The van der Waals surface area contributed by atoms with Gasteiger partial charge in [0.2, 0.25) is 5.76 Å². The first-order valence-electron chi connectivity index (χ1n) is 9.71. The van der Waals surface area contributed by atoms with Gasteiger partial charge in [0.05, 0.1) is 23.1 Å². The highest BCUT2D eigenvalue weighted by atomic mass is 35.5. The van der Waals surface area contributed by atoms with Crippen molar-refractivity contribution in [3.8, 4) is 0 Å². The second-order valence-electron chi connectivity index (χ2n) is 7.40. The number of hydrogen-bond acceptors (Lipinski definition) is 4. The highest BCUT2D eigenvalue weighted by Crippen LogP contribution is 2.38. The largest absolute Gasteiger partial charge is 0.450 e. The molecule has 1 aliphatic heterocycles. The quantitative estimate of drug-likeness (QED) is 0.546. The van der Waals surface area contributed by atoms with Gasteiger partial charge in [-0.05, 0) is 44.0 Å². The van der Waals surface area contributed by atoms with E-state index < -0.39 is 6.04 Å². The van der Waals surface area contributed by atoms with Crippen LogP contribution in [0.25, 0.3) is 11.0 Å². The lowest BCUT2D eigenvalue weighted by atomic mass is 9.98. The first kappa shape index (κ1) is 19.7. The third-order valence-corrected chi connectivity index (χ3v) is 5.27. The molecule has 0 bridgehead atoms. The molecule has 0 fully saturated rings. The number of carbonyl (C=O) groups is 1. The summed E-state index contributed by atoms with van der Waals surface area (Å²) in [5.41, 5.74) is 1.40. The number of carbonyl (C=O) groups excluding carboxylic acids is 1. The summed E-state index contributed by atoms with van der Waals surface area (Å²) in [4.78, 5) is 28.2. The molecule has 2 aromatic carbocycles. The third kappa shape index (κ3) is 3.68. The van der Waals surface area contributed by atoms with E-state index in [0.29, 0.717) is 41.1 Å². The average molecular weight is 412 g/mol. The first-order chi connectivity index (χ1) is 14.0. The van der Waals surface area contributed by atoms with Crippen LogP contribution < -0.4 is 5.43 Å². The predicted octanol–water partition coefficient (Wildman–Crippen LogP) is 4.81. The molecule has 2 heterocycles. The first-order valence-corrected chi connectivity index (χ1v) is 10.1. The molecule has 1 atom stereocenters. The van der Waals surface area contributed by atoms with Crippen molar-refractivity contribution >= 4 is 28.5 Å². The van der Waals surface area contributed by atoms with E-state index in [4.69, 9.17) is 20.8 Å². The van der Waals surface area contributed by atoms with Gasteiger partial charge in [-0.3, -0.25) is 9.59 Å². The monoisotopic (exact) mass is 411 g/mol. The van der Waals surface area contributed by atoms with Gasteiger partial charge in [0.25, 0.3) is 5.91 Å². The molecule has 1 aliphatic rings. The lowest BCUT2D eigenvalue weighted by Crippen LogP contribution is -2.31. The lowest BCUT2D eigenvalue weighted by Gasteiger charge is -2.25. The van der Waals surface area contributed by atoms with Crippen LogP contribution in [0.15, 0.2) is 57.7 Å². The van der Waals surface area contributed by atoms with E-state index in [1.165, 1.54) is 0 Å². The maximum atomic E-state index is 13.3. The highest BCUT2D eigenvalue weighted by Gasteiger charge is 2.42. The summed E-state index contributed by atoms with van der Waals surface area (Å²) in [6, 6.07) is 13.9. The molecule has 0 radical (unpaired) electrons. The smallest absolute Gasteiger partial charge is 0.290 e. The number of benzene rings is 2. The van der Waals surface area contributed by atoms with Crippen molar-refractivity contribution in [2.45, 2.75) is 32.4 Å². The van der Waals surface area contributed by atoms with Crippen molar-refractivity contribution in [3.05, 3.63) is 80.7 Å². The van der Waals surface area contributed by atoms with E-state index in [0.717, 1.165) is 5.56 Å². The van der Waals surface area contributed by atoms with Crippen LogP contribution in [0.2, 0.25) is 5.02 Å². The maximum absolute atomic E-state index is 13.3. The van der Waals surface area contributed by atoms with Crippen molar-refractivity contribution in [2.75, 3.05) is 13.2 Å². The molecular formula is C23H22ClNO4. The zero-order valence-electron chi connectivity index (χ0n) is 16.4. The van der Waals surface area contributed by atoms with E-state index in [2.05, 4.69) is 0 Å². The molecule has 0 aliphatic carbocycles. The molecule has 0 spiro atoms. The molecule has 1 amide bonds. The number of amides is 1. The number of fused-ring (bicyclic) bond motifs is 2. The Kier molecular flexibility index (Phi) is 5.43. The zero-order chi connectivity index (χ0) is 20.5. The van der Waals surface area contributed by atoms with Crippen molar-refractivity contribution in [1.82, 2.24) is 4.90 Å². The molecule has 5 nitrogen and oxygen atoms in total. The van der Waals surface area contributed by atoms with Gasteiger partial charge < -0.3 is 14.1 Å². The van der Waals surface area contributed by atoms with Crippen LogP contribution in [0.3, 0.4) is 0 Å². The van der Waals surface area contributed by atoms with Gasteiger partial charge in [-0.15, -0.1) is 0 Å². The molecule has 0 N–H and O–H groups in total. The fraction of sp³-hybridized carbons (Fsp3) is 0.304. The summed E-state index contributed by atoms with van der Waals surface area (Å²) >= 11 is 6.09. The molecule has 1 unspecified atom stereocenters. The predicted molar refractivity (Wildman–Crippen MR) is 113 cm³/mol. The summed E-state index contributed by atoms with van der Waals surface area (Å²) < 4.78 is 11.5. The lowest BCUT2D eigenvalue weighted by molar-refractivity contribution is 0.0593. The van der Waals surface area contributed by atoms with E-state index in [1.807, 2.05) is 44.2 Å². The minimum Gasteiger partial charge on any atom is -0.450 e. The normalized spacial score (nSPS) is 16.1. The van der Waals surface area contributed by atoms with Gasteiger partial charge in [-0.25, -0.2) is 0 Å². The summed E-state index contributed by atoms with van der Waals surface area (Å²) in [5.74, 6) is -0.157. The molecule has 150 valence electrons. The van der Waals surface area contributed by atoms with Crippen molar-refractivity contribution in [1.29, 1.82) is 0 Å². The summed E-state index contributed by atoms with van der Waals surface area (Å²) in [6.07, 6.45) is 0.797. The van der Waals surface area contributed by atoms with Crippen LogP contribution in [0.1, 0.15) is 48.0 Å². The van der Waals surface area contributed by atoms with Crippen molar-refractivity contribution in [3.63, 3.8) is 0 Å². The number of nitrogens with zero attached hydrogens (tertiary/aromatic N) is 1. The Morgan fingerprint density at radius 1 is 1.14 bits per heavy atom. The van der Waals surface area contributed by atoms with Gasteiger partial charge in [0, 0.05) is 18.2 Å². The Morgan fingerprint density at radius 2 is 1.90 bits per heavy atom. The molecule has 6 heteroatoms. The fourth-order valence-corrected chi connectivity index (χ4v) is 3.93. The molecular weight excluding hydrogens is 390 g/mol. The number of halogens is 1. The van der Waals surface area contributed by atoms with Gasteiger partial charge in [0.15, 0.2) is 5.43 Å². The van der Waals surface area contributed by atoms with Gasteiger partial charge >= 0.3 is 0 Å². The third-order valence-electron chi connectivity index (χ3n) is 5.04. The minimum atomic E-state index is -0.489. The second-order valence-corrected chi connectivity index (χ2v) is 7.84. The van der Waals surface area contributed by atoms with Crippen molar-refractivity contribution < 1.29 is 13.9 Å². The molecule has 0 saturated heterocycles. The Hall–Kier alpha value is -2.63. The number of ether oxygens (including phenoxy) is 1. The molecule has 29 heavy (non-hydrogen) atoms. The maximum Gasteiger partial charge on any atom is 0.290 e. The molecule has 3 aromatic rings. The van der Waals surface area contributed by atoms with E-state index in [-0.39, 0.29) is 23.2 Å². The van der Waals surface area contributed by atoms with Crippen LogP contribution in [-0.2, 0) is 4.74 Å². The van der Waals surface area contributed by atoms with Crippen LogP contribution in [0.5, 0.6) is 0 Å². The van der Waals surface area contributed by atoms with E-state index >= 15 is 0 Å². The summed E-state index contributed by atoms with van der Waals surface area (Å²) in [6.45, 7) is 4.95. The van der Waals surface area contributed by atoms with Crippen molar-refractivity contribution in [2.24, 2.45) is 0 Å². The number of hydrogen-bond donors (Lipinski definition) is 0. The second kappa shape index (κ2) is 8.01. The van der Waals surface area contributed by atoms with Gasteiger partial charge in [-0.1, -0.05) is 41.9 Å². The van der Waals surface area contributed by atoms with Crippen LogP contribution in [0.4, 0.5) is 0 Å². The van der Waals surface area contributed by atoms with Crippen LogP contribution in [0, 0.1) is 0 Å². The molecule has 0 saturated carbocycles.